The van der Waals surface area contributed by atoms with Crippen molar-refractivity contribution in [2.24, 2.45) is 40.7 Å². The normalized spacial score (nSPS) is 37.9. The van der Waals surface area contributed by atoms with Crippen molar-refractivity contribution in [3.63, 3.8) is 0 Å². The molecule has 1 aromatic rings. The molecule has 1 radical (unpaired) electrons. The van der Waals surface area contributed by atoms with Gasteiger partial charge in [0.2, 0.25) is 10.0 Å². The number of carbonyl (C=O) groups is 3. The van der Waals surface area contributed by atoms with E-state index in [9.17, 15) is 33.5 Å². The third-order valence-electron chi connectivity index (χ3n) is 16.2. The number of carbonyl (C=O) groups excluding carboxylic acids is 3. The molecule has 5 rings (SSSR count). The zero-order chi connectivity index (χ0) is 61.3. The van der Waals surface area contributed by atoms with Crippen LogP contribution in [0.2, 0.25) is 0 Å². The fraction of sp³-hybridized carbons (Fsp3) is 0.804. The van der Waals surface area contributed by atoms with Gasteiger partial charge in [-0.2, -0.15) is 0 Å². The summed E-state index contributed by atoms with van der Waals surface area (Å²) < 4.78 is 92.6. The van der Waals surface area contributed by atoms with Gasteiger partial charge in [-0.25, -0.2) is 17.9 Å². The van der Waals surface area contributed by atoms with E-state index in [2.05, 4.69) is 20.1 Å². The number of ether oxygens (including phenoxy) is 10. The number of amides is 1. The Bertz CT molecular complexity index is 2440. The number of ketones is 1. The van der Waals surface area contributed by atoms with Crippen LogP contribution >= 0.6 is 0 Å². The van der Waals surface area contributed by atoms with E-state index in [4.69, 9.17) is 52.2 Å². The second-order valence-corrected chi connectivity index (χ2v) is 25.6. The minimum Gasteiger partial charge on any atom is -0.461 e. The quantitative estimate of drug-likeness (QED) is 0.0861. The smallest absolute Gasteiger partial charge is 0.408 e. The number of nitro benzene ring substituents is 1. The summed E-state index contributed by atoms with van der Waals surface area (Å²) in [4.78, 5) is 62.6. The summed E-state index contributed by atoms with van der Waals surface area (Å²) in [7, 11) is 1.75. The highest BCUT2D eigenvalue weighted by Gasteiger charge is 2.51. The molecule has 82 heavy (non-hydrogen) atoms. The Morgan fingerprint density at radius 1 is 0.939 bits per heavy atom. The number of rotatable bonds is 18. The molecular weight excluding hydrogens is 1090 g/mol. The van der Waals surface area contributed by atoms with Crippen molar-refractivity contribution >= 4 is 39.3 Å². The third-order valence-corrected chi connectivity index (χ3v) is 17.6. The first-order valence-corrected chi connectivity index (χ1v) is 29.7. The molecule has 1 unspecified atom stereocenters. The molecule has 4 aliphatic rings. The first-order chi connectivity index (χ1) is 38.3. The highest BCUT2D eigenvalue weighted by atomic mass is 32.2. The minimum atomic E-state index is -4.49. The van der Waals surface area contributed by atoms with E-state index in [-0.39, 0.29) is 37.3 Å². The maximum absolute atomic E-state index is 15.4. The van der Waals surface area contributed by atoms with Crippen molar-refractivity contribution in [2.75, 3.05) is 48.1 Å². The van der Waals surface area contributed by atoms with Gasteiger partial charge in [0.1, 0.15) is 37.6 Å². The van der Waals surface area contributed by atoms with Gasteiger partial charge in [0.15, 0.2) is 35.1 Å². The van der Waals surface area contributed by atoms with E-state index in [1.165, 1.54) is 54.2 Å². The number of nitrogens with zero attached hydrogens (tertiary/aromatic N) is 3. The molecule has 26 heteroatoms. The number of nitrogens with one attached hydrogen (secondary N) is 2. The summed E-state index contributed by atoms with van der Waals surface area (Å²) in [5.41, 5.74) is -3.81. The highest BCUT2D eigenvalue weighted by Crippen LogP contribution is 2.40. The second-order valence-electron chi connectivity index (χ2n) is 23.9. The van der Waals surface area contributed by atoms with Crippen molar-refractivity contribution in [1.29, 1.82) is 0 Å². The lowest BCUT2D eigenvalue weighted by Gasteiger charge is -2.44. The van der Waals surface area contributed by atoms with Gasteiger partial charge in [-0.05, 0) is 93.2 Å². The summed E-state index contributed by atoms with van der Waals surface area (Å²) in [6.07, 6.45) is -10.9. The zero-order valence-electron chi connectivity index (χ0n) is 50.7. The van der Waals surface area contributed by atoms with Gasteiger partial charge in [-0.3, -0.25) is 19.7 Å². The maximum atomic E-state index is 15.4. The Kier molecular flexibility index (Phi) is 24.6. The van der Waals surface area contributed by atoms with E-state index in [1.807, 2.05) is 34.7 Å². The van der Waals surface area contributed by atoms with E-state index < -0.39 is 170 Å². The molecule has 0 spiro atoms. The lowest BCUT2D eigenvalue weighted by molar-refractivity contribution is -0.387. The number of alkyl carbamates (subject to hydrolysis) is 1. The van der Waals surface area contributed by atoms with Crippen LogP contribution in [0.3, 0.4) is 0 Å². The molecule has 21 atom stereocenters. The molecule has 25 nitrogen and oxygen atoms in total. The third kappa shape index (κ3) is 17.3. The molecule has 467 valence electrons. The van der Waals surface area contributed by atoms with Crippen LogP contribution in [0.4, 0.5) is 10.5 Å². The van der Waals surface area contributed by atoms with Gasteiger partial charge in [0.05, 0.1) is 59.2 Å². The molecule has 1 amide bonds. The van der Waals surface area contributed by atoms with Crippen LogP contribution in [-0.2, 0) is 71.8 Å². The number of likely N-dealkylation sites (N-methyl/N-ethyl adjacent to an activating group) is 1. The molecule has 4 heterocycles. The van der Waals surface area contributed by atoms with Crippen molar-refractivity contribution < 1.29 is 90.1 Å². The van der Waals surface area contributed by atoms with Gasteiger partial charge in [-0.15, -0.1) is 0 Å². The molecule has 4 N–H and O–H groups in total. The molecule has 0 bridgehead atoms. The number of para-hydroxylation sites is 1. The SMILES string of the molecule is CON=C1C[C@@H](C)O[C@@H](O[C@@H]2[C@@H](C)[C@H](O[C@H]3C[C@H](C)N(C)C[C@H](C)O3)[C@@H](C)C(=O)O[C@@H](C(C)CO[C@@H]3O[C@H](C)[C@@H](O)[C@@H](OC)[C@H]3OC)[C@@H](C)[CH][C@@H](C)C(=O)[C@@](C)(OC(=O)NC(C)(C)CNS(=O)(=O)c3ccccc3[N+](=O)[O-])C[C@@H]2C)[C@@H]1O. The molecule has 4 saturated heterocycles. The van der Waals surface area contributed by atoms with Crippen molar-refractivity contribution in [3.8, 4) is 0 Å². The fourth-order valence-electron chi connectivity index (χ4n) is 11.6. The average Bonchev–Trinajstić information content (AvgIpc) is 3.63. The minimum absolute atomic E-state index is 0.00637. The molecular formula is C56H92N5O20S. The Labute approximate surface area is 483 Å². The maximum Gasteiger partial charge on any atom is 0.408 e. The Hall–Kier alpha value is -4.03. The van der Waals surface area contributed by atoms with E-state index in [1.54, 1.807) is 48.0 Å². The van der Waals surface area contributed by atoms with Crippen molar-refractivity contribution in [1.82, 2.24) is 14.9 Å². The number of Topliss-reactive ketones (excluding diaryl/α,β-unsaturated/α-hetero) is 1. The summed E-state index contributed by atoms with van der Waals surface area (Å²) >= 11 is 0. The van der Waals surface area contributed by atoms with E-state index in [0.717, 1.165) is 12.1 Å². The van der Waals surface area contributed by atoms with Crippen LogP contribution in [0.5, 0.6) is 0 Å². The standard InChI is InChI=1S/C56H92N5O20S/c1-29-22-30(2)50(64)56(13,81-54(66)58-55(11,12)28-57-82(69,70)41-21-19-18-20-40(41)61(67)68)25-31(3)46(80-52-44(63)39(59-73-17)24-34(6)76-52)36(8)47(78-42-23-33(5)60(14)26-35(7)75-42)37(9)51(65)79-45(29)32(4)27-74-53-49(72-16)48(71-15)43(62)38(10)77-53/h18-22,29-38,42-49,52-53,57,62-63H,23-28H2,1-17H3,(H,58,66)/t29-,30+,31-,32?,33-,34+,35-,36+,37+,38+,42-,43+,44+,45+,46-,47-,48+,49+,52-,53+,56-/m0/s1. The highest BCUT2D eigenvalue weighted by molar-refractivity contribution is 7.89. The molecule has 4 fully saturated rings. The van der Waals surface area contributed by atoms with Gasteiger partial charge in [0, 0.05) is 70.0 Å². The Morgan fingerprint density at radius 3 is 2.23 bits per heavy atom. The molecule has 4 aliphatic heterocycles. The molecule has 1 aromatic carbocycles. The number of cyclic esters (lactones) is 1. The second kappa shape index (κ2) is 29.4. The van der Waals surface area contributed by atoms with Crippen LogP contribution in [0.25, 0.3) is 0 Å². The number of hydrogen-bond acceptors (Lipinski definition) is 22. The number of oxime groups is 1. The number of nitro groups is 1. The first-order valence-electron chi connectivity index (χ1n) is 28.2. The molecule has 0 aromatic heterocycles. The Balaban J connectivity index is 1.60. The number of aliphatic hydroxyl groups excluding tert-OH is 2. The predicted octanol–water partition coefficient (Wildman–Crippen LogP) is 4.92. The van der Waals surface area contributed by atoms with Crippen LogP contribution in [-0.4, -0.2) is 197 Å². The number of esters is 1. The number of methoxy groups -OCH3 is 2. The number of hydrogen-bond donors (Lipinski definition) is 4. The van der Waals surface area contributed by atoms with Crippen molar-refractivity contribution in [2.45, 2.75) is 211 Å². The topological polar surface area (TPSA) is 310 Å². The van der Waals surface area contributed by atoms with E-state index in [0.29, 0.717) is 13.0 Å². The van der Waals surface area contributed by atoms with Crippen LogP contribution in [0.15, 0.2) is 34.3 Å². The monoisotopic (exact) mass is 1190 g/mol. The molecule has 0 aliphatic carbocycles. The number of benzene rings is 1. The van der Waals surface area contributed by atoms with Crippen LogP contribution in [0, 0.1) is 52.0 Å². The lowest BCUT2D eigenvalue weighted by Crippen LogP contribution is -2.59. The summed E-state index contributed by atoms with van der Waals surface area (Å²) in [6, 6.07) is 4.83. The lowest BCUT2D eigenvalue weighted by atomic mass is 9.75. The Morgan fingerprint density at radius 2 is 1.60 bits per heavy atom. The van der Waals surface area contributed by atoms with Crippen LogP contribution in [0.1, 0.15) is 109 Å². The zero-order valence-corrected chi connectivity index (χ0v) is 51.5. The van der Waals surface area contributed by atoms with Gasteiger partial charge < -0.3 is 72.6 Å². The van der Waals surface area contributed by atoms with Gasteiger partial charge in [0.25, 0.3) is 5.69 Å². The largest absolute Gasteiger partial charge is 0.461 e. The fourth-order valence-corrected chi connectivity index (χ4v) is 13.0. The van der Waals surface area contributed by atoms with Gasteiger partial charge >= 0.3 is 12.1 Å². The number of aliphatic hydroxyl groups is 2. The van der Waals surface area contributed by atoms with Gasteiger partial charge in [-0.1, -0.05) is 51.9 Å². The van der Waals surface area contributed by atoms with E-state index >= 15 is 9.59 Å². The summed E-state index contributed by atoms with van der Waals surface area (Å²) in [5, 5.41) is 41.1. The first kappa shape index (κ1) is 68.7. The van der Waals surface area contributed by atoms with Crippen LogP contribution < -0.4 is 10.0 Å². The summed E-state index contributed by atoms with van der Waals surface area (Å²) in [5.74, 6) is -6.15. The number of sulfonamides is 1. The summed E-state index contributed by atoms with van der Waals surface area (Å²) in [6.45, 7) is 22.5. The average molecular weight is 1190 g/mol. The molecule has 0 saturated carbocycles. The van der Waals surface area contributed by atoms with Crippen molar-refractivity contribution in [3.05, 3.63) is 40.8 Å². The predicted molar refractivity (Wildman–Crippen MR) is 297 cm³/mol.